The van der Waals surface area contributed by atoms with Crippen molar-refractivity contribution in [2.45, 2.75) is 45.6 Å². The van der Waals surface area contributed by atoms with Crippen molar-refractivity contribution in [3.8, 4) is 0 Å². The molecule has 0 saturated carbocycles. The number of aryl methyl sites for hydroxylation is 1. The van der Waals surface area contributed by atoms with Crippen molar-refractivity contribution in [3.63, 3.8) is 0 Å². The fourth-order valence-electron chi connectivity index (χ4n) is 2.40. The van der Waals surface area contributed by atoms with Crippen LogP contribution in [0.2, 0.25) is 0 Å². The number of pyridine rings is 1. The molecule has 0 radical (unpaired) electrons. The quantitative estimate of drug-likeness (QED) is 0.735. The molecule has 2 nitrogen and oxygen atoms in total. The number of anilines is 1. The number of hydrogen-bond donors (Lipinski definition) is 0. The first-order valence-corrected chi connectivity index (χ1v) is 5.86. The van der Waals surface area contributed by atoms with Gasteiger partial charge >= 0.3 is 0 Å². The molecule has 1 fully saturated rings. The first-order chi connectivity index (χ1) is 7.15. The van der Waals surface area contributed by atoms with E-state index in [1.807, 2.05) is 6.20 Å². The van der Waals surface area contributed by atoms with Crippen LogP contribution >= 0.6 is 0 Å². The average Bonchev–Trinajstić information content (AvgIpc) is 2.63. The second-order valence-electron chi connectivity index (χ2n) is 4.80. The molecule has 0 spiro atoms. The molecule has 0 aliphatic carbocycles. The Labute approximate surface area is 92.3 Å². The second kappa shape index (κ2) is 3.84. The molecule has 1 aromatic heterocycles. The van der Waals surface area contributed by atoms with Crippen LogP contribution in [0.1, 0.15) is 38.7 Å². The van der Waals surface area contributed by atoms with Gasteiger partial charge in [0.2, 0.25) is 0 Å². The molecule has 1 aliphatic heterocycles. The highest BCUT2D eigenvalue weighted by Gasteiger charge is 2.35. The maximum atomic E-state index is 4.53. The Hall–Kier alpha value is -1.05. The Kier molecular flexibility index (Phi) is 2.68. The molecular formula is C13H20N2. The number of hydrogen-bond acceptors (Lipinski definition) is 2. The predicted octanol–water partition coefficient (Wildman–Crippen LogP) is 3.16. The summed E-state index contributed by atoms with van der Waals surface area (Å²) in [6.45, 7) is 7.86. The van der Waals surface area contributed by atoms with E-state index in [0.717, 1.165) is 12.4 Å². The molecule has 1 aliphatic rings. The summed E-state index contributed by atoms with van der Waals surface area (Å²) in [6.07, 6.45) is 5.74. The van der Waals surface area contributed by atoms with Gasteiger partial charge in [-0.25, -0.2) is 4.98 Å². The second-order valence-corrected chi connectivity index (χ2v) is 4.80. The molecule has 2 heterocycles. The van der Waals surface area contributed by atoms with Crippen molar-refractivity contribution in [1.29, 1.82) is 0 Å². The summed E-state index contributed by atoms with van der Waals surface area (Å²) in [5.41, 5.74) is 1.55. The first kappa shape index (κ1) is 10.5. The molecule has 0 aromatic carbocycles. The summed E-state index contributed by atoms with van der Waals surface area (Å²) < 4.78 is 0. The van der Waals surface area contributed by atoms with Gasteiger partial charge in [0.1, 0.15) is 5.82 Å². The van der Waals surface area contributed by atoms with Crippen LogP contribution in [0.5, 0.6) is 0 Å². The predicted molar refractivity (Wildman–Crippen MR) is 64.3 cm³/mol. The van der Waals surface area contributed by atoms with Gasteiger partial charge in [0.15, 0.2) is 0 Å². The topological polar surface area (TPSA) is 16.1 Å². The van der Waals surface area contributed by atoms with E-state index >= 15 is 0 Å². The van der Waals surface area contributed by atoms with E-state index in [-0.39, 0.29) is 0 Å². The van der Waals surface area contributed by atoms with E-state index in [4.69, 9.17) is 0 Å². The Morgan fingerprint density at radius 3 is 2.87 bits per heavy atom. The lowest BCUT2D eigenvalue weighted by atomic mass is 9.95. The maximum absolute atomic E-state index is 4.53. The Morgan fingerprint density at radius 1 is 1.47 bits per heavy atom. The van der Waals surface area contributed by atoms with E-state index in [1.54, 1.807) is 0 Å². The van der Waals surface area contributed by atoms with Gasteiger partial charge in [0.05, 0.1) is 0 Å². The summed E-state index contributed by atoms with van der Waals surface area (Å²) in [7, 11) is 0. The molecule has 82 valence electrons. The highest BCUT2D eigenvalue weighted by molar-refractivity contribution is 5.43. The monoisotopic (exact) mass is 204 g/mol. The van der Waals surface area contributed by atoms with Gasteiger partial charge in [-0.2, -0.15) is 0 Å². The van der Waals surface area contributed by atoms with Crippen LogP contribution in [-0.4, -0.2) is 17.1 Å². The zero-order valence-corrected chi connectivity index (χ0v) is 9.95. The Morgan fingerprint density at radius 2 is 2.27 bits per heavy atom. The summed E-state index contributed by atoms with van der Waals surface area (Å²) in [5.74, 6) is 1.14. The van der Waals surface area contributed by atoms with Gasteiger partial charge in [-0.1, -0.05) is 13.0 Å². The zero-order chi connectivity index (χ0) is 10.9. The third-order valence-electron chi connectivity index (χ3n) is 3.68. The molecule has 0 bridgehead atoms. The molecule has 1 saturated heterocycles. The largest absolute Gasteiger partial charge is 0.351 e. The number of rotatable bonds is 2. The highest BCUT2D eigenvalue weighted by atomic mass is 15.3. The van der Waals surface area contributed by atoms with Gasteiger partial charge in [-0.05, 0) is 44.7 Å². The van der Waals surface area contributed by atoms with Crippen molar-refractivity contribution in [1.82, 2.24) is 4.98 Å². The van der Waals surface area contributed by atoms with Crippen molar-refractivity contribution >= 4 is 5.82 Å². The molecular weight excluding hydrogens is 184 g/mol. The smallest absolute Gasteiger partial charge is 0.128 e. The fraction of sp³-hybridized carbons (Fsp3) is 0.615. The molecule has 1 aromatic rings. The van der Waals surface area contributed by atoms with E-state index in [1.165, 1.54) is 24.8 Å². The first-order valence-electron chi connectivity index (χ1n) is 5.86. The molecule has 1 unspecified atom stereocenters. The minimum atomic E-state index is 0.322. The molecule has 0 amide bonds. The third-order valence-corrected chi connectivity index (χ3v) is 3.68. The minimum Gasteiger partial charge on any atom is -0.351 e. The SMILES string of the molecule is CCC1(C)CCCN1c1ccc(C)cn1. The van der Waals surface area contributed by atoms with E-state index in [9.17, 15) is 0 Å². The maximum Gasteiger partial charge on any atom is 0.128 e. The van der Waals surface area contributed by atoms with E-state index in [2.05, 4.69) is 42.8 Å². The highest BCUT2D eigenvalue weighted by Crippen LogP contribution is 2.34. The molecule has 2 heteroatoms. The van der Waals surface area contributed by atoms with Gasteiger partial charge in [0, 0.05) is 18.3 Å². The average molecular weight is 204 g/mol. The van der Waals surface area contributed by atoms with Crippen LogP contribution in [0.3, 0.4) is 0 Å². The van der Waals surface area contributed by atoms with Crippen LogP contribution in [0.25, 0.3) is 0 Å². The number of aromatic nitrogens is 1. The van der Waals surface area contributed by atoms with Crippen LogP contribution < -0.4 is 4.90 Å². The summed E-state index contributed by atoms with van der Waals surface area (Å²) >= 11 is 0. The molecule has 15 heavy (non-hydrogen) atoms. The van der Waals surface area contributed by atoms with Gasteiger partial charge < -0.3 is 4.90 Å². The van der Waals surface area contributed by atoms with Crippen LogP contribution in [0.15, 0.2) is 18.3 Å². The van der Waals surface area contributed by atoms with Crippen molar-refractivity contribution in [2.24, 2.45) is 0 Å². The lowest BCUT2D eigenvalue weighted by Crippen LogP contribution is -2.41. The normalized spacial score (nSPS) is 25.9. The lowest BCUT2D eigenvalue weighted by Gasteiger charge is -2.35. The van der Waals surface area contributed by atoms with Gasteiger partial charge in [-0.15, -0.1) is 0 Å². The van der Waals surface area contributed by atoms with E-state index < -0.39 is 0 Å². The van der Waals surface area contributed by atoms with Crippen LogP contribution in [0.4, 0.5) is 5.82 Å². The number of nitrogens with zero attached hydrogens (tertiary/aromatic N) is 2. The van der Waals surface area contributed by atoms with Crippen LogP contribution in [-0.2, 0) is 0 Å². The summed E-state index contributed by atoms with van der Waals surface area (Å²) in [6, 6.07) is 4.30. The van der Waals surface area contributed by atoms with Crippen molar-refractivity contribution in [3.05, 3.63) is 23.9 Å². The van der Waals surface area contributed by atoms with E-state index in [0.29, 0.717) is 5.54 Å². The Balaban J connectivity index is 2.27. The van der Waals surface area contributed by atoms with Gasteiger partial charge in [-0.3, -0.25) is 0 Å². The molecule has 1 atom stereocenters. The summed E-state index contributed by atoms with van der Waals surface area (Å²) in [5, 5.41) is 0. The summed E-state index contributed by atoms with van der Waals surface area (Å²) in [4.78, 5) is 6.99. The zero-order valence-electron chi connectivity index (χ0n) is 9.95. The lowest BCUT2D eigenvalue weighted by molar-refractivity contribution is 0.449. The third kappa shape index (κ3) is 1.85. The van der Waals surface area contributed by atoms with Crippen LogP contribution in [0, 0.1) is 6.92 Å². The minimum absolute atomic E-state index is 0.322. The molecule has 2 rings (SSSR count). The van der Waals surface area contributed by atoms with Gasteiger partial charge in [0.25, 0.3) is 0 Å². The van der Waals surface area contributed by atoms with Crippen molar-refractivity contribution in [2.75, 3.05) is 11.4 Å². The fourth-order valence-corrected chi connectivity index (χ4v) is 2.40. The Bertz CT molecular complexity index is 331. The van der Waals surface area contributed by atoms with Crippen molar-refractivity contribution < 1.29 is 0 Å². The standard InChI is InChI=1S/C13H20N2/c1-4-13(3)8-5-9-15(13)12-7-6-11(2)10-14-12/h6-7,10H,4-5,8-9H2,1-3H3. The molecule has 0 N–H and O–H groups in total.